The van der Waals surface area contributed by atoms with Gasteiger partial charge in [0.15, 0.2) is 6.54 Å². The maximum Gasteiger partial charge on any atom is 0.275 e. The molecular formula is C23H24ClN2O+. The van der Waals surface area contributed by atoms with Crippen LogP contribution in [0.3, 0.4) is 0 Å². The third-order valence-electron chi connectivity index (χ3n) is 4.62. The predicted octanol–water partition coefficient (Wildman–Crippen LogP) is 3.87. The first-order valence-electron chi connectivity index (χ1n) is 9.11. The molecule has 3 N–H and O–H groups in total. The molecule has 3 nitrogen and oxygen atoms in total. The van der Waals surface area contributed by atoms with Crippen molar-refractivity contribution in [1.82, 2.24) is 5.32 Å². The average molecular weight is 380 g/mol. The quantitative estimate of drug-likeness (QED) is 0.643. The molecule has 4 heteroatoms. The highest BCUT2D eigenvalue weighted by Crippen LogP contribution is 2.21. The number of halogens is 1. The number of amides is 1. The van der Waals surface area contributed by atoms with Gasteiger partial charge in [-0.25, -0.2) is 0 Å². The fourth-order valence-corrected chi connectivity index (χ4v) is 3.18. The second kappa shape index (κ2) is 9.36. The van der Waals surface area contributed by atoms with E-state index in [4.69, 9.17) is 11.6 Å². The second-order valence-electron chi connectivity index (χ2n) is 6.60. The molecule has 0 aliphatic heterocycles. The molecule has 0 saturated heterocycles. The van der Waals surface area contributed by atoms with Gasteiger partial charge in [-0.2, -0.15) is 0 Å². The maximum absolute atomic E-state index is 12.6. The van der Waals surface area contributed by atoms with E-state index in [1.807, 2.05) is 90.2 Å². The Kier molecular flexibility index (Phi) is 6.64. The molecule has 0 fully saturated rings. The van der Waals surface area contributed by atoms with E-state index in [1.165, 1.54) is 0 Å². The Morgan fingerprint density at radius 2 is 1.37 bits per heavy atom. The Labute approximate surface area is 165 Å². The van der Waals surface area contributed by atoms with Gasteiger partial charge in [0.05, 0.1) is 6.04 Å². The fourth-order valence-electron chi connectivity index (χ4n) is 3.06. The number of hydrogen-bond acceptors (Lipinski definition) is 1. The third kappa shape index (κ3) is 5.43. The molecule has 0 aliphatic rings. The molecule has 3 aromatic carbocycles. The van der Waals surface area contributed by atoms with Gasteiger partial charge < -0.3 is 10.6 Å². The van der Waals surface area contributed by atoms with Crippen LogP contribution in [0.25, 0.3) is 0 Å². The molecule has 0 radical (unpaired) electrons. The van der Waals surface area contributed by atoms with E-state index in [-0.39, 0.29) is 18.0 Å². The zero-order chi connectivity index (χ0) is 19.1. The van der Waals surface area contributed by atoms with Crippen LogP contribution in [-0.4, -0.2) is 12.5 Å². The fraction of sp³-hybridized carbons (Fsp3) is 0.174. The minimum Gasteiger partial charge on any atom is -0.340 e. The molecule has 0 heterocycles. The Hall–Kier alpha value is -2.62. The molecule has 0 aliphatic carbocycles. The molecular weight excluding hydrogens is 356 g/mol. The van der Waals surface area contributed by atoms with Gasteiger partial charge in [0.25, 0.3) is 5.91 Å². The number of benzene rings is 3. The number of nitrogens with one attached hydrogen (secondary N) is 1. The van der Waals surface area contributed by atoms with E-state index < -0.39 is 0 Å². The first-order valence-corrected chi connectivity index (χ1v) is 9.49. The van der Waals surface area contributed by atoms with Crippen LogP contribution >= 0.6 is 11.6 Å². The summed E-state index contributed by atoms with van der Waals surface area (Å²) < 4.78 is 0. The second-order valence-corrected chi connectivity index (χ2v) is 7.04. The summed E-state index contributed by atoms with van der Waals surface area (Å²) in [4.78, 5) is 12.6. The first kappa shape index (κ1) is 19.2. The van der Waals surface area contributed by atoms with E-state index in [9.17, 15) is 4.79 Å². The van der Waals surface area contributed by atoms with Crippen LogP contribution in [0, 0.1) is 0 Å². The lowest BCUT2D eigenvalue weighted by Crippen LogP contribution is -2.87. The van der Waals surface area contributed by atoms with Gasteiger partial charge in [0.2, 0.25) is 0 Å². The number of carbonyl (C=O) groups excluding carboxylic acids is 1. The topological polar surface area (TPSA) is 45.7 Å². The molecule has 0 bridgehead atoms. The van der Waals surface area contributed by atoms with Gasteiger partial charge >= 0.3 is 0 Å². The van der Waals surface area contributed by atoms with Crippen molar-refractivity contribution in [3.63, 3.8) is 0 Å². The normalized spacial score (nSPS) is 12.0. The van der Waals surface area contributed by atoms with Crippen LogP contribution in [0.1, 0.15) is 35.7 Å². The lowest BCUT2D eigenvalue weighted by molar-refractivity contribution is -0.682. The summed E-state index contributed by atoms with van der Waals surface area (Å²) >= 11 is 5.94. The molecule has 1 amide bonds. The number of nitrogens with two attached hydrogens (primary N) is 1. The lowest BCUT2D eigenvalue weighted by Gasteiger charge is -2.20. The molecule has 1 atom stereocenters. The molecule has 138 valence electrons. The summed E-state index contributed by atoms with van der Waals surface area (Å²) in [5.41, 5.74) is 3.29. The smallest absolute Gasteiger partial charge is 0.275 e. The summed E-state index contributed by atoms with van der Waals surface area (Å²) in [6, 6.07) is 27.9. The van der Waals surface area contributed by atoms with Gasteiger partial charge in [0, 0.05) is 10.6 Å². The molecule has 3 rings (SSSR count). The van der Waals surface area contributed by atoms with E-state index >= 15 is 0 Å². The standard InChI is InChI=1S/C23H23ClN2O/c1-17(18-12-14-21(24)15-13-18)25-16-22(27)26-23(19-8-4-2-5-9-19)20-10-6-3-7-11-20/h2-15,17,23,25H,16H2,1H3,(H,26,27)/p+1/t17-/m1/s1. The van der Waals surface area contributed by atoms with Crippen LogP contribution < -0.4 is 10.6 Å². The minimum atomic E-state index is -0.154. The van der Waals surface area contributed by atoms with Crippen LogP contribution in [0.2, 0.25) is 5.02 Å². The summed E-state index contributed by atoms with van der Waals surface area (Å²) in [6.45, 7) is 2.45. The molecule has 0 saturated carbocycles. The summed E-state index contributed by atoms with van der Waals surface area (Å²) in [5, 5.41) is 5.93. The number of carbonyl (C=O) groups is 1. The van der Waals surface area contributed by atoms with Crippen molar-refractivity contribution in [3.05, 3.63) is 107 Å². The molecule has 0 unspecified atom stereocenters. The Bertz CT molecular complexity index is 811. The molecule has 3 aromatic rings. The van der Waals surface area contributed by atoms with Crippen molar-refractivity contribution in [2.45, 2.75) is 19.0 Å². The van der Waals surface area contributed by atoms with Crippen molar-refractivity contribution in [2.75, 3.05) is 6.54 Å². The Morgan fingerprint density at radius 3 is 1.89 bits per heavy atom. The third-order valence-corrected chi connectivity index (χ3v) is 4.88. The Morgan fingerprint density at radius 1 is 0.852 bits per heavy atom. The van der Waals surface area contributed by atoms with Crippen LogP contribution in [-0.2, 0) is 4.79 Å². The maximum atomic E-state index is 12.6. The number of hydrogen-bond donors (Lipinski definition) is 2. The summed E-state index contributed by atoms with van der Waals surface area (Å²) in [5.74, 6) is 0.00789. The van der Waals surface area contributed by atoms with Gasteiger partial charge in [0.1, 0.15) is 6.04 Å². The summed E-state index contributed by atoms with van der Waals surface area (Å²) in [6.07, 6.45) is 0. The van der Waals surface area contributed by atoms with Crippen molar-refractivity contribution >= 4 is 17.5 Å². The predicted molar refractivity (Wildman–Crippen MR) is 110 cm³/mol. The van der Waals surface area contributed by atoms with Crippen molar-refractivity contribution < 1.29 is 10.1 Å². The van der Waals surface area contributed by atoms with E-state index in [0.717, 1.165) is 21.7 Å². The lowest BCUT2D eigenvalue weighted by atomic mass is 9.99. The number of rotatable bonds is 7. The van der Waals surface area contributed by atoms with E-state index in [0.29, 0.717) is 6.54 Å². The van der Waals surface area contributed by atoms with Crippen molar-refractivity contribution in [3.8, 4) is 0 Å². The number of quaternary nitrogens is 1. The highest BCUT2D eigenvalue weighted by molar-refractivity contribution is 6.30. The zero-order valence-electron chi connectivity index (χ0n) is 15.3. The average Bonchev–Trinajstić information content (AvgIpc) is 2.72. The van der Waals surface area contributed by atoms with Gasteiger partial charge in [-0.1, -0.05) is 84.4 Å². The van der Waals surface area contributed by atoms with Crippen molar-refractivity contribution in [1.29, 1.82) is 0 Å². The minimum absolute atomic E-state index is 0.00789. The highest BCUT2D eigenvalue weighted by atomic mass is 35.5. The molecule has 27 heavy (non-hydrogen) atoms. The monoisotopic (exact) mass is 379 g/mol. The summed E-state index contributed by atoms with van der Waals surface area (Å²) in [7, 11) is 0. The van der Waals surface area contributed by atoms with Crippen LogP contribution in [0.5, 0.6) is 0 Å². The first-order chi connectivity index (χ1) is 13.1. The highest BCUT2D eigenvalue weighted by Gasteiger charge is 2.18. The van der Waals surface area contributed by atoms with E-state index in [1.54, 1.807) is 0 Å². The largest absolute Gasteiger partial charge is 0.340 e. The van der Waals surface area contributed by atoms with Gasteiger partial charge in [-0.15, -0.1) is 0 Å². The Balaban J connectivity index is 1.65. The van der Waals surface area contributed by atoms with Gasteiger partial charge in [-0.3, -0.25) is 4.79 Å². The van der Waals surface area contributed by atoms with Crippen LogP contribution in [0.4, 0.5) is 0 Å². The van der Waals surface area contributed by atoms with E-state index in [2.05, 4.69) is 12.2 Å². The van der Waals surface area contributed by atoms with Crippen molar-refractivity contribution in [2.24, 2.45) is 0 Å². The zero-order valence-corrected chi connectivity index (χ0v) is 16.1. The molecule has 0 aromatic heterocycles. The molecule has 0 spiro atoms. The van der Waals surface area contributed by atoms with Crippen LogP contribution in [0.15, 0.2) is 84.9 Å². The SMILES string of the molecule is C[C@@H]([NH2+]CC(=O)NC(c1ccccc1)c1ccccc1)c1ccc(Cl)cc1. The van der Waals surface area contributed by atoms with Gasteiger partial charge in [-0.05, 0) is 30.2 Å².